The molecule has 0 spiro atoms. The van der Waals surface area contributed by atoms with Crippen LogP contribution < -0.4 is 0 Å². The molecule has 36 heavy (non-hydrogen) atoms. The highest BCUT2D eigenvalue weighted by molar-refractivity contribution is 5.76. The second-order valence-electron chi connectivity index (χ2n) is 9.91. The fourth-order valence-corrected chi connectivity index (χ4v) is 5.64. The first-order valence-corrected chi connectivity index (χ1v) is 13.3. The third-order valence-electron chi connectivity index (χ3n) is 7.52. The number of hydrogen-bond acceptors (Lipinski definition) is 4. The quantitative estimate of drug-likeness (QED) is 0.375. The van der Waals surface area contributed by atoms with Crippen molar-refractivity contribution in [2.24, 2.45) is 0 Å². The van der Waals surface area contributed by atoms with Gasteiger partial charge in [0.05, 0.1) is 16.7 Å². The van der Waals surface area contributed by atoms with Crippen molar-refractivity contribution in [3.05, 3.63) is 78.1 Å². The number of fused-ring (bicyclic) bond motifs is 1. The molecule has 0 saturated carbocycles. The molecule has 6 nitrogen and oxygen atoms in total. The molecule has 2 fully saturated rings. The largest absolute Gasteiger partial charge is 0.329 e. The average Bonchev–Trinajstić information content (AvgIpc) is 3.66. The fourth-order valence-electron chi connectivity index (χ4n) is 5.64. The number of imidazole rings is 1. The molecule has 0 N–H and O–H groups in total. The molecule has 0 unspecified atom stereocenters. The summed E-state index contributed by atoms with van der Waals surface area (Å²) in [6.45, 7) is 11.5. The van der Waals surface area contributed by atoms with Crippen molar-refractivity contribution in [2.45, 2.75) is 58.7 Å². The lowest BCUT2D eigenvalue weighted by molar-refractivity contribution is 0.122. The van der Waals surface area contributed by atoms with Crippen LogP contribution in [0, 0.1) is 12.7 Å². The lowest BCUT2D eigenvalue weighted by atomic mass is 10.0. The summed E-state index contributed by atoms with van der Waals surface area (Å²) in [5.41, 5.74) is 4.56. The zero-order valence-corrected chi connectivity index (χ0v) is 21.5. The van der Waals surface area contributed by atoms with Crippen molar-refractivity contribution < 1.29 is 4.39 Å². The van der Waals surface area contributed by atoms with E-state index in [2.05, 4.69) is 51.5 Å². The summed E-state index contributed by atoms with van der Waals surface area (Å²) in [6.07, 6.45) is 8.92. The number of aromatic nitrogens is 4. The minimum absolute atomic E-state index is 0.247. The molecule has 2 saturated heterocycles. The summed E-state index contributed by atoms with van der Waals surface area (Å²) < 4.78 is 16.6. The van der Waals surface area contributed by atoms with E-state index in [0.717, 1.165) is 36.2 Å². The molecular formula is C29H37FN6. The van der Waals surface area contributed by atoms with Crippen LogP contribution in [-0.2, 0) is 13.1 Å². The third-order valence-corrected chi connectivity index (χ3v) is 7.52. The first-order chi connectivity index (χ1) is 17.6. The smallest absolute Gasteiger partial charge is 0.125 e. The molecule has 2 aromatic carbocycles. The molecule has 2 aliphatic heterocycles. The van der Waals surface area contributed by atoms with Crippen molar-refractivity contribution in [2.75, 3.05) is 26.2 Å². The molecule has 6 rings (SSSR count). The van der Waals surface area contributed by atoms with Crippen LogP contribution in [0.3, 0.4) is 0 Å². The summed E-state index contributed by atoms with van der Waals surface area (Å²) in [6, 6.07) is 15.8. The molecule has 4 heterocycles. The van der Waals surface area contributed by atoms with Gasteiger partial charge in [0, 0.05) is 31.5 Å². The second kappa shape index (κ2) is 11.4. The first kappa shape index (κ1) is 24.7. The minimum atomic E-state index is -0.247. The van der Waals surface area contributed by atoms with Crippen molar-refractivity contribution in [1.29, 1.82) is 0 Å². The Kier molecular flexibility index (Phi) is 7.78. The maximum Gasteiger partial charge on any atom is 0.125 e. The number of hydrogen-bond donors (Lipinski definition) is 0. The average molecular weight is 489 g/mol. The van der Waals surface area contributed by atoms with Gasteiger partial charge in [-0.1, -0.05) is 12.1 Å². The van der Waals surface area contributed by atoms with Crippen LogP contribution in [0.1, 0.15) is 44.0 Å². The van der Waals surface area contributed by atoms with E-state index < -0.39 is 0 Å². The highest BCUT2D eigenvalue weighted by Crippen LogP contribution is 2.23. The van der Waals surface area contributed by atoms with Gasteiger partial charge in [-0.2, -0.15) is 5.10 Å². The van der Waals surface area contributed by atoms with Crippen LogP contribution in [-0.4, -0.2) is 61.4 Å². The van der Waals surface area contributed by atoms with Crippen LogP contribution in [0.25, 0.3) is 16.7 Å². The van der Waals surface area contributed by atoms with Gasteiger partial charge < -0.3 is 9.47 Å². The van der Waals surface area contributed by atoms with E-state index in [1.54, 1.807) is 35.3 Å². The van der Waals surface area contributed by atoms with Gasteiger partial charge in [0.15, 0.2) is 0 Å². The maximum atomic E-state index is 12.7. The Morgan fingerprint density at radius 1 is 0.972 bits per heavy atom. The Bertz CT molecular complexity index is 1250. The van der Waals surface area contributed by atoms with Crippen LogP contribution >= 0.6 is 0 Å². The Labute approximate surface area is 213 Å². The van der Waals surface area contributed by atoms with Crippen LogP contribution in [0.15, 0.2) is 60.9 Å². The molecule has 7 heteroatoms. The van der Waals surface area contributed by atoms with E-state index >= 15 is 0 Å². The molecule has 4 aromatic rings. The number of piperidine rings is 1. The summed E-state index contributed by atoms with van der Waals surface area (Å²) in [5, 5.41) is 3.98. The van der Waals surface area contributed by atoms with E-state index in [9.17, 15) is 4.39 Å². The topological polar surface area (TPSA) is 42.1 Å². The standard InChI is InChI=1S/C20H30N4.C9H7FN2/c1-3-24-16(2)21-19-14-17(6-7-20(19)24)15-22-12-8-18(9-13-22)23-10-4-5-11-23;10-8-3-1-4-9(7-8)12-6-2-5-11-12/h6-7,14,18H,3-5,8-13,15H2,1-2H3;1-7H. The normalized spacial score (nSPS) is 17.4. The van der Waals surface area contributed by atoms with Gasteiger partial charge in [-0.15, -0.1) is 0 Å². The van der Waals surface area contributed by atoms with E-state index in [-0.39, 0.29) is 5.82 Å². The van der Waals surface area contributed by atoms with Gasteiger partial charge in [0.1, 0.15) is 11.6 Å². The summed E-state index contributed by atoms with van der Waals surface area (Å²) in [5.74, 6) is 0.874. The summed E-state index contributed by atoms with van der Waals surface area (Å²) in [7, 11) is 0. The molecule has 190 valence electrons. The predicted octanol–water partition coefficient (Wildman–Crippen LogP) is 5.44. The monoisotopic (exact) mass is 488 g/mol. The second-order valence-corrected chi connectivity index (χ2v) is 9.91. The van der Waals surface area contributed by atoms with E-state index in [0.29, 0.717) is 0 Å². The van der Waals surface area contributed by atoms with Crippen molar-refractivity contribution in [1.82, 2.24) is 29.1 Å². The molecule has 0 aliphatic carbocycles. The van der Waals surface area contributed by atoms with Crippen LogP contribution in [0.2, 0.25) is 0 Å². The van der Waals surface area contributed by atoms with Gasteiger partial charge in [0.25, 0.3) is 0 Å². The summed E-state index contributed by atoms with van der Waals surface area (Å²) >= 11 is 0. The summed E-state index contributed by atoms with van der Waals surface area (Å²) in [4.78, 5) is 10.1. The molecular weight excluding hydrogens is 451 g/mol. The Balaban J connectivity index is 0.000000186. The Morgan fingerprint density at radius 2 is 1.78 bits per heavy atom. The van der Waals surface area contributed by atoms with Gasteiger partial charge in [-0.3, -0.25) is 4.90 Å². The Morgan fingerprint density at radius 3 is 2.47 bits per heavy atom. The number of rotatable bonds is 5. The minimum Gasteiger partial charge on any atom is -0.329 e. The molecule has 0 bridgehead atoms. The van der Waals surface area contributed by atoms with Crippen LogP contribution in [0.5, 0.6) is 0 Å². The fraction of sp³-hybridized carbons (Fsp3) is 0.448. The van der Waals surface area contributed by atoms with Gasteiger partial charge >= 0.3 is 0 Å². The number of benzene rings is 2. The number of nitrogens with zero attached hydrogens (tertiary/aromatic N) is 6. The van der Waals surface area contributed by atoms with Crippen molar-refractivity contribution in [3.63, 3.8) is 0 Å². The lowest BCUT2D eigenvalue weighted by Gasteiger charge is -2.36. The highest BCUT2D eigenvalue weighted by Gasteiger charge is 2.26. The zero-order chi connectivity index (χ0) is 24.9. The van der Waals surface area contributed by atoms with Crippen molar-refractivity contribution in [3.8, 4) is 5.69 Å². The lowest BCUT2D eigenvalue weighted by Crippen LogP contribution is -2.43. The number of halogens is 1. The number of likely N-dealkylation sites (tertiary alicyclic amines) is 2. The van der Waals surface area contributed by atoms with Gasteiger partial charge in [0.2, 0.25) is 0 Å². The molecule has 0 amide bonds. The number of aryl methyl sites for hydroxylation is 2. The maximum absolute atomic E-state index is 12.7. The van der Waals surface area contributed by atoms with E-state index in [1.807, 2.05) is 0 Å². The van der Waals surface area contributed by atoms with E-state index in [4.69, 9.17) is 4.98 Å². The van der Waals surface area contributed by atoms with Gasteiger partial charge in [-0.05, 0) is 108 Å². The predicted molar refractivity (Wildman–Crippen MR) is 143 cm³/mol. The van der Waals surface area contributed by atoms with Crippen molar-refractivity contribution >= 4 is 11.0 Å². The molecule has 0 atom stereocenters. The zero-order valence-electron chi connectivity index (χ0n) is 21.5. The molecule has 0 radical (unpaired) electrons. The first-order valence-electron chi connectivity index (χ1n) is 13.3. The van der Waals surface area contributed by atoms with Gasteiger partial charge in [-0.25, -0.2) is 14.1 Å². The Hall–Kier alpha value is -3.03. The van der Waals surface area contributed by atoms with Crippen LogP contribution in [0.4, 0.5) is 4.39 Å². The third kappa shape index (κ3) is 5.68. The highest BCUT2D eigenvalue weighted by atomic mass is 19.1. The molecule has 2 aromatic heterocycles. The molecule has 2 aliphatic rings. The SMILES string of the molecule is CCn1c(C)nc2cc(CN3CCC(N4CCCC4)CC3)ccc21.Fc1cccc(-n2cccn2)c1. The van der Waals surface area contributed by atoms with E-state index in [1.165, 1.54) is 75.1 Å².